The maximum Gasteiger partial charge on any atom is 0.230 e. The average Bonchev–Trinajstić information content (AvgIpc) is 3.35. The zero-order valence-corrected chi connectivity index (χ0v) is 15.1. The van der Waals surface area contributed by atoms with Crippen LogP contribution in [0.15, 0.2) is 66.9 Å². The van der Waals surface area contributed by atoms with Gasteiger partial charge >= 0.3 is 0 Å². The molecule has 1 aliphatic carbocycles. The molecule has 1 fully saturated rings. The zero-order chi connectivity index (χ0) is 18.0. The molecule has 3 aromatic rings. The number of carbonyl (C=O) groups excluding carboxylic acids is 1. The first-order valence-electron chi connectivity index (χ1n) is 8.82. The van der Waals surface area contributed by atoms with E-state index in [1.54, 1.807) is 0 Å². The molecule has 2 aromatic carbocycles. The highest BCUT2D eigenvalue weighted by Gasteiger charge is 2.51. The first-order valence-corrected chi connectivity index (χ1v) is 9.19. The van der Waals surface area contributed by atoms with E-state index in [4.69, 9.17) is 11.6 Å². The fraction of sp³-hybridized carbons (Fsp3) is 0.238. The predicted octanol–water partition coefficient (Wildman–Crippen LogP) is 3.92. The van der Waals surface area contributed by atoms with Gasteiger partial charge in [-0.1, -0.05) is 41.9 Å². The summed E-state index contributed by atoms with van der Waals surface area (Å²) in [7, 11) is 0. The van der Waals surface area contributed by atoms with Crippen molar-refractivity contribution in [1.82, 2.24) is 15.1 Å². The molecule has 0 unspecified atom stereocenters. The minimum atomic E-state index is -0.395. The number of para-hydroxylation sites is 1. The lowest BCUT2D eigenvalue weighted by molar-refractivity contribution is -0.123. The highest BCUT2D eigenvalue weighted by molar-refractivity contribution is 6.30. The lowest BCUT2D eigenvalue weighted by Gasteiger charge is -2.15. The van der Waals surface area contributed by atoms with E-state index >= 15 is 0 Å². The fourth-order valence-corrected chi connectivity index (χ4v) is 3.44. The molecule has 1 aliphatic rings. The van der Waals surface area contributed by atoms with E-state index in [1.165, 1.54) is 0 Å². The van der Waals surface area contributed by atoms with E-state index in [2.05, 4.69) is 10.4 Å². The molecule has 4 nitrogen and oxygen atoms in total. The summed E-state index contributed by atoms with van der Waals surface area (Å²) < 4.78 is 1.85. The van der Waals surface area contributed by atoms with Crippen LogP contribution in [0.4, 0.5) is 0 Å². The number of carbonyl (C=O) groups is 1. The topological polar surface area (TPSA) is 46.9 Å². The largest absolute Gasteiger partial charge is 0.355 e. The Morgan fingerprint density at radius 1 is 1.12 bits per heavy atom. The maximum atomic E-state index is 12.7. The Bertz CT molecular complexity index is 916. The number of nitrogens with one attached hydrogen (secondary N) is 1. The minimum Gasteiger partial charge on any atom is -0.355 e. The van der Waals surface area contributed by atoms with E-state index in [1.807, 2.05) is 71.5 Å². The number of amides is 1. The van der Waals surface area contributed by atoms with E-state index in [0.717, 1.165) is 29.8 Å². The van der Waals surface area contributed by atoms with Crippen LogP contribution in [0.2, 0.25) is 5.02 Å². The van der Waals surface area contributed by atoms with Crippen LogP contribution in [0.3, 0.4) is 0 Å². The SMILES string of the molecule is O=C(NCCc1ccn(-c2ccccc2)n1)C1(c2cccc(Cl)c2)CC1. The Hall–Kier alpha value is -2.59. The van der Waals surface area contributed by atoms with Crippen LogP contribution in [-0.4, -0.2) is 22.2 Å². The van der Waals surface area contributed by atoms with Gasteiger partial charge in [-0.15, -0.1) is 0 Å². The van der Waals surface area contributed by atoms with Gasteiger partial charge in [0.1, 0.15) is 0 Å². The Morgan fingerprint density at radius 2 is 1.92 bits per heavy atom. The molecule has 1 aromatic heterocycles. The predicted molar refractivity (Wildman–Crippen MR) is 103 cm³/mol. The number of benzene rings is 2. The van der Waals surface area contributed by atoms with Crippen molar-refractivity contribution in [3.63, 3.8) is 0 Å². The maximum absolute atomic E-state index is 12.7. The van der Waals surface area contributed by atoms with Gasteiger partial charge in [0.25, 0.3) is 0 Å². The molecule has 4 rings (SSSR count). The quantitative estimate of drug-likeness (QED) is 0.719. The summed E-state index contributed by atoms with van der Waals surface area (Å²) >= 11 is 6.08. The monoisotopic (exact) mass is 365 g/mol. The Labute approximate surface area is 157 Å². The van der Waals surface area contributed by atoms with Crippen LogP contribution in [-0.2, 0) is 16.6 Å². The van der Waals surface area contributed by atoms with Gasteiger partial charge in [-0.25, -0.2) is 4.68 Å². The molecule has 0 spiro atoms. The lowest BCUT2D eigenvalue weighted by atomic mass is 9.95. The molecular formula is C21H20ClN3O. The molecule has 0 radical (unpaired) electrons. The van der Waals surface area contributed by atoms with Crippen LogP contribution >= 0.6 is 11.6 Å². The van der Waals surface area contributed by atoms with Crippen LogP contribution < -0.4 is 5.32 Å². The molecule has 0 saturated heterocycles. The second-order valence-corrected chi connectivity index (χ2v) is 7.12. The van der Waals surface area contributed by atoms with Crippen molar-refractivity contribution in [3.05, 3.63) is 83.1 Å². The molecule has 1 heterocycles. The fourth-order valence-electron chi connectivity index (χ4n) is 3.25. The summed E-state index contributed by atoms with van der Waals surface area (Å²) in [5.74, 6) is 0.0854. The molecule has 0 atom stereocenters. The standard InChI is InChI=1S/C21H20ClN3O/c22-17-6-4-5-16(15-17)21(11-12-21)20(26)23-13-9-18-10-14-25(24-18)19-7-2-1-3-8-19/h1-8,10,14-15H,9,11-13H2,(H,23,26). The van der Waals surface area contributed by atoms with Crippen molar-refractivity contribution in [2.45, 2.75) is 24.7 Å². The smallest absolute Gasteiger partial charge is 0.230 e. The highest BCUT2D eigenvalue weighted by Crippen LogP contribution is 2.48. The summed E-state index contributed by atoms with van der Waals surface area (Å²) in [5, 5.41) is 8.32. The van der Waals surface area contributed by atoms with E-state index < -0.39 is 5.41 Å². The number of rotatable bonds is 6. The lowest BCUT2D eigenvalue weighted by Crippen LogP contribution is -2.36. The normalized spacial score (nSPS) is 14.8. The van der Waals surface area contributed by atoms with Gasteiger partial charge in [-0.3, -0.25) is 4.79 Å². The molecule has 0 aliphatic heterocycles. The van der Waals surface area contributed by atoms with Gasteiger partial charge in [-0.05, 0) is 48.7 Å². The van der Waals surface area contributed by atoms with Crippen LogP contribution in [0, 0.1) is 0 Å². The zero-order valence-electron chi connectivity index (χ0n) is 14.4. The van der Waals surface area contributed by atoms with Crippen molar-refractivity contribution < 1.29 is 4.79 Å². The molecule has 1 amide bonds. The van der Waals surface area contributed by atoms with Crippen LogP contribution in [0.25, 0.3) is 5.69 Å². The number of nitrogens with zero attached hydrogens (tertiary/aromatic N) is 2. The Kier molecular flexibility index (Phi) is 4.51. The number of aromatic nitrogens is 2. The Morgan fingerprint density at radius 3 is 2.65 bits per heavy atom. The third-order valence-corrected chi connectivity index (χ3v) is 5.13. The number of hydrogen-bond acceptors (Lipinski definition) is 2. The van der Waals surface area contributed by atoms with Crippen molar-refractivity contribution in [2.75, 3.05) is 6.54 Å². The number of halogens is 1. The van der Waals surface area contributed by atoms with Gasteiger partial charge in [0.15, 0.2) is 0 Å². The molecule has 1 N–H and O–H groups in total. The summed E-state index contributed by atoms with van der Waals surface area (Å²) in [6, 6.07) is 19.6. The summed E-state index contributed by atoms with van der Waals surface area (Å²) in [4.78, 5) is 12.7. The molecular weight excluding hydrogens is 346 g/mol. The molecule has 5 heteroatoms. The van der Waals surface area contributed by atoms with Crippen LogP contribution in [0.1, 0.15) is 24.1 Å². The average molecular weight is 366 g/mol. The van der Waals surface area contributed by atoms with E-state index in [0.29, 0.717) is 18.0 Å². The third kappa shape index (κ3) is 3.37. The molecule has 1 saturated carbocycles. The van der Waals surface area contributed by atoms with E-state index in [9.17, 15) is 4.79 Å². The summed E-state index contributed by atoms with van der Waals surface area (Å²) in [5.41, 5.74) is 2.60. The van der Waals surface area contributed by atoms with Crippen LogP contribution in [0.5, 0.6) is 0 Å². The second-order valence-electron chi connectivity index (χ2n) is 6.69. The summed E-state index contributed by atoms with van der Waals surface area (Å²) in [6.07, 6.45) is 4.40. The van der Waals surface area contributed by atoms with Crippen molar-refractivity contribution in [1.29, 1.82) is 0 Å². The second kappa shape index (κ2) is 6.96. The third-order valence-electron chi connectivity index (χ3n) is 4.89. The molecule has 132 valence electrons. The first-order chi connectivity index (χ1) is 12.7. The van der Waals surface area contributed by atoms with Crippen molar-refractivity contribution in [3.8, 4) is 5.69 Å². The Balaban J connectivity index is 1.35. The number of hydrogen-bond donors (Lipinski definition) is 1. The molecule has 0 bridgehead atoms. The summed E-state index contributed by atoms with van der Waals surface area (Å²) in [6.45, 7) is 0.576. The van der Waals surface area contributed by atoms with E-state index in [-0.39, 0.29) is 5.91 Å². The van der Waals surface area contributed by atoms with Gasteiger partial charge < -0.3 is 5.32 Å². The van der Waals surface area contributed by atoms with Gasteiger partial charge in [-0.2, -0.15) is 5.10 Å². The first kappa shape index (κ1) is 16.9. The van der Waals surface area contributed by atoms with Crippen molar-refractivity contribution >= 4 is 17.5 Å². The molecule has 26 heavy (non-hydrogen) atoms. The van der Waals surface area contributed by atoms with Gasteiger partial charge in [0.2, 0.25) is 5.91 Å². The van der Waals surface area contributed by atoms with Gasteiger partial charge in [0, 0.05) is 24.2 Å². The minimum absolute atomic E-state index is 0.0854. The van der Waals surface area contributed by atoms with Gasteiger partial charge in [0.05, 0.1) is 16.8 Å². The van der Waals surface area contributed by atoms with Crippen molar-refractivity contribution in [2.24, 2.45) is 0 Å². The highest BCUT2D eigenvalue weighted by atomic mass is 35.5.